The first-order valence-corrected chi connectivity index (χ1v) is 9.56. The second-order valence-electron chi connectivity index (χ2n) is 6.45. The van der Waals surface area contributed by atoms with Crippen LogP contribution in [0, 0.1) is 20.8 Å². The van der Waals surface area contributed by atoms with Crippen LogP contribution in [0.2, 0.25) is 0 Å². The summed E-state index contributed by atoms with van der Waals surface area (Å²) in [5.74, 6) is 0.198. The Labute approximate surface area is 165 Å². The maximum atomic E-state index is 12.6. The average molecular weight is 393 g/mol. The molecule has 8 nitrogen and oxygen atoms in total. The van der Waals surface area contributed by atoms with E-state index in [-0.39, 0.29) is 5.91 Å². The van der Waals surface area contributed by atoms with E-state index in [0.29, 0.717) is 17.3 Å². The van der Waals surface area contributed by atoms with Gasteiger partial charge in [0.2, 0.25) is 0 Å². The van der Waals surface area contributed by atoms with Gasteiger partial charge in [0.15, 0.2) is 0 Å². The number of aromatic nitrogens is 6. The van der Waals surface area contributed by atoms with Crippen molar-refractivity contribution in [1.82, 2.24) is 29.5 Å². The zero-order valence-electron chi connectivity index (χ0n) is 16.0. The number of carbonyl (C=O) groups excluding carboxylic acids is 1. The molecule has 9 heteroatoms. The standard InChI is InChI=1S/C19H19N7OS/c1-11-12(2)23-26(13(11)3)19-20-9-14(10-21-19)22-18(27)16-8-15(24-25(16)4)17-6-5-7-28-17/h5-10H,1-4H3,(H,22,27). The molecular formula is C19H19N7OS. The fourth-order valence-corrected chi connectivity index (χ4v) is 3.51. The highest BCUT2D eigenvalue weighted by molar-refractivity contribution is 7.13. The number of nitrogens with one attached hydrogen (secondary N) is 1. The zero-order valence-corrected chi connectivity index (χ0v) is 16.8. The Morgan fingerprint density at radius 1 is 1.14 bits per heavy atom. The minimum atomic E-state index is -0.267. The minimum absolute atomic E-state index is 0.267. The molecule has 0 saturated heterocycles. The number of nitrogens with zero attached hydrogens (tertiary/aromatic N) is 6. The van der Waals surface area contributed by atoms with E-state index in [2.05, 4.69) is 25.5 Å². The summed E-state index contributed by atoms with van der Waals surface area (Å²) < 4.78 is 3.27. The first-order chi connectivity index (χ1) is 13.4. The van der Waals surface area contributed by atoms with E-state index in [0.717, 1.165) is 27.5 Å². The van der Waals surface area contributed by atoms with E-state index in [1.807, 2.05) is 38.3 Å². The smallest absolute Gasteiger partial charge is 0.274 e. The molecule has 4 aromatic heterocycles. The van der Waals surface area contributed by atoms with Gasteiger partial charge in [0.25, 0.3) is 11.9 Å². The van der Waals surface area contributed by atoms with E-state index in [9.17, 15) is 4.79 Å². The van der Waals surface area contributed by atoms with Crippen LogP contribution in [-0.4, -0.2) is 35.4 Å². The lowest BCUT2D eigenvalue weighted by molar-refractivity contribution is 0.101. The van der Waals surface area contributed by atoms with Gasteiger partial charge in [-0.25, -0.2) is 14.6 Å². The van der Waals surface area contributed by atoms with Crippen molar-refractivity contribution in [3.05, 3.63) is 58.6 Å². The van der Waals surface area contributed by atoms with Gasteiger partial charge in [0.1, 0.15) is 11.4 Å². The van der Waals surface area contributed by atoms with Crippen LogP contribution in [0.3, 0.4) is 0 Å². The Balaban J connectivity index is 1.53. The number of aryl methyl sites for hydroxylation is 2. The molecular weight excluding hydrogens is 374 g/mol. The Hall–Kier alpha value is -3.33. The summed E-state index contributed by atoms with van der Waals surface area (Å²) in [7, 11) is 1.75. The van der Waals surface area contributed by atoms with Gasteiger partial charge in [0, 0.05) is 12.7 Å². The highest BCUT2D eigenvalue weighted by atomic mass is 32.1. The summed E-state index contributed by atoms with van der Waals surface area (Å²) in [5.41, 5.74) is 4.78. The van der Waals surface area contributed by atoms with E-state index in [1.165, 1.54) is 0 Å². The van der Waals surface area contributed by atoms with Gasteiger partial charge >= 0.3 is 0 Å². The first kappa shape index (κ1) is 18.1. The molecule has 4 aromatic rings. The zero-order chi connectivity index (χ0) is 19.8. The number of thiophene rings is 1. The minimum Gasteiger partial charge on any atom is -0.318 e. The summed E-state index contributed by atoms with van der Waals surface area (Å²) in [6, 6.07) is 5.70. The van der Waals surface area contributed by atoms with Crippen molar-refractivity contribution in [3.63, 3.8) is 0 Å². The number of hydrogen-bond acceptors (Lipinski definition) is 6. The fourth-order valence-electron chi connectivity index (χ4n) is 2.83. The maximum absolute atomic E-state index is 12.6. The van der Waals surface area contributed by atoms with Crippen molar-refractivity contribution < 1.29 is 4.79 Å². The van der Waals surface area contributed by atoms with Gasteiger partial charge in [0.05, 0.1) is 28.7 Å². The second-order valence-corrected chi connectivity index (χ2v) is 7.40. The molecule has 0 unspecified atom stereocenters. The number of carbonyl (C=O) groups is 1. The van der Waals surface area contributed by atoms with Gasteiger partial charge in [-0.05, 0) is 43.8 Å². The summed E-state index contributed by atoms with van der Waals surface area (Å²) in [5, 5.41) is 13.7. The van der Waals surface area contributed by atoms with Gasteiger partial charge in [-0.1, -0.05) is 6.07 Å². The molecule has 0 bridgehead atoms. The van der Waals surface area contributed by atoms with Crippen LogP contribution < -0.4 is 5.32 Å². The lowest BCUT2D eigenvalue weighted by atomic mass is 10.2. The van der Waals surface area contributed by atoms with Gasteiger partial charge in [-0.3, -0.25) is 9.48 Å². The number of rotatable bonds is 4. The highest BCUT2D eigenvalue weighted by Gasteiger charge is 2.16. The molecule has 0 aliphatic carbocycles. The monoisotopic (exact) mass is 393 g/mol. The van der Waals surface area contributed by atoms with E-state index >= 15 is 0 Å². The molecule has 0 aromatic carbocycles. The van der Waals surface area contributed by atoms with E-state index in [1.54, 1.807) is 46.2 Å². The van der Waals surface area contributed by atoms with Crippen molar-refractivity contribution in [2.24, 2.45) is 7.05 Å². The summed E-state index contributed by atoms with van der Waals surface area (Å²) in [6.07, 6.45) is 3.14. The number of anilines is 1. The molecule has 0 spiro atoms. The fraction of sp³-hybridized carbons (Fsp3) is 0.211. The third-order valence-electron chi connectivity index (χ3n) is 4.62. The predicted octanol–water partition coefficient (Wildman–Crippen LogP) is 3.30. The SMILES string of the molecule is Cc1nn(-c2ncc(NC(=O)c3cc(-c4cccs4)nn3C)cn2)c(C)c1C. The molecule has 1 N–H and O–H groups in total. The Morgan fingerprint density at radius 3 is 2.50 bits per heavy atom. The average Bonchev–Trinajstić information content (AvgIpc) is 3.39. The van der Waals surface area contributed by atoms with Crippen LogP contribution in [0.4, 0.5) is 5.69 Å². The van der Waals surface area contributed by atoms with Crippen LogP contribution in [0.25, 0.3) is 16.5 Å². The van der Waals surface area contributed by atoms with Crippen LogP contribution in [0.1, 0.15) is 27.4 Å². The van der Waals surface area contributed by atoms with Gasteiger partial charge in [-0.15, -0.1) is 11.3 Å². The quantitative estimate of drug-likeness (QED) is 0.574. The molecule has 0 radical (unpaired) electrons. The van der Waals surface area contributed by atoms with Crippen molar-refractivity contribution in [1.29, 1.82) is 0 Å². The lowest BCUT2D eigenvalue weighted by Gasteiger charge is -2.06. The van der Waals surface area contributed by atoms with Crippen molar-refractivity contribution in [3.8, 4) is 16.5 Å². The third kappa shape index (κ3) is 3.20. The molecule has 4 rings (SSSR count). The Bertz CT molecular complexity index is 1140. The normalized spacial score (nSPS) is 11.0. The summed E-state index contributed by atoms with van der Waals surface area (Å²) in [6.45, 7) is 5.94. The molecule has 0 aliphatic rings. The topological polar surface area (TPSA) is 90.5 Å². The molecule has 0 atom stereocenters. The Morgan fingerprint density at radius 2 is 1.89 bits per heavy atom. The molecule has 0 fully saturated rings. The molecule has 4 heterocycles. The molecule has 0 saturated carbocycles. The van der Waals surface area contributed by atoms with E-state index < -0.39 is 0 Å². The highest BCUT2D eigenvalue weighted by Crippen LogP contribution is 2.24. The van der Waals surface area contributed by atoms with Crippen LogP contribution in [0.5, 0.6) is 0 Å². The van der Waals surface area contributed by atoms with Gasteiger partial charge in [-0.2, -0.15) is 10.2 Å². The van der Waals surface area contributed by atoms with Crippen molar-refractivity contribution >= 4 is 22.9 Å². The lowest BCUT2D eigenvalue weighted by Crippen LogP contribution is -2.16. The second kappa shape index (κ2) is 7.01. The number of hydrogen-bond donors (Lipinski definition) is 1. The van der Waals surface area contributed by atoms with Crippen LogP contribution in [-0.2, 0) is 7.05 Å². The molecule has 28 heavy (non-hydrogen) atoms. The maximum Gasteiger partial charge on any atom is 0.274 e. The van der Waals surface area contributed by atoms with Crippen LogP contribution in [0.15, 0.2) is 36.0 Å². The molecule has 142 valence electrons. The molecule has 0 aliphatic heterocycles. The molecule has 1 amide bonds. The first-order valence-electron chi connectivity index (χ1n) is 8.68. The number of amides is 1. The van der Waals surface area contributed by atoms with Crippen LogP contribution >= 0.6 is 11.3 Å². The third-order valence-corrected chi connectivity index (χ3v) is 5.52. The largest absolute Gasteiger partial charge is 0.318 e. The van der Waals surface area contributed by atoms with Crippen molar-refractivity contribution in [2.75, 3.05) is 5.32 Å². The van der Waals surface area contributed by atoms with Crippen molar-refractivity contribution in [2.45, 2.75) is 20.8 Å². The van der Waals surface area contributed by atoms with Gasteiger partial charge < -0.3 is 5.32 Å². The van der Waals surface area contributed by atoms with E-state index in [4.69, 9.17) is 0 Å². The predicted molar refractivity (Wildman–Crippen MR) is 108 cm³/mol. The summed E-state index contributed by atoms with van der Waals surface area (Å²) >= 11 is 1.58. The summed E-state index contributed by atoms with van der Waals surface area (Å²) in [4.78, 5) is 22.3. The Kier molecular flexibility index (Phi) is 4.52.